The van der Waals surface area contributed by atoms with Crippen LogP contribution >= 0.6 is 0 Å². The molecule has 0 spiro atoms. The van der Waals surface area contributed by atoms with Crippen molar-refractivity contribution in [2.75, 3.05) is 23.7 Å². The molecule has 0 atom stereocenters. The zero-order chi connectivity index (χ0) is 21.5. The van der Waals surface area contributed by atoms with E-state index in [0.29, 0.717) is 31.6 Å². The van der Waals surface area contributed by atoms with E-state index in [4.69, 9.17) is 0 Å². The van der Waals surface area contributed by atoms with Gasteiger partial charge in [0.2, 0.25) is 17.7 Å². The zero-order valence-electron chi connectivity index (χ0n) is 16.7. The molecule has 2 N–H and O–H groups in total. The average Bonchev–Trinajstić information content (AvgIpc) is 2.75. The Morgan fingerprint density at radius 3 is 2.40 bits per heavy atom. The lowest BCUT2D eigenvalue weighted by Gasteiger charge is -2.30. The number of carbonyl (C=O) groups excluding carboxylic acids is 3. The number of hydrogen-bond donors (Lipinski definition) is 2. The van der Waals surface area contributed by atoms with Crippen LogP contribution in [-0.2, 0) is 14.4 Å². The van der Waals surface area contributed by atoms with Gasteiger partial charge in [0.05, 0.1) is 5.69 Å². The van der Waals surface area contributed by atoms with Crippen molar-refractivity contribution in [3.05, 3.63) is 66.0 Å². The van der Waals surface area contributed by atoms with E-state index >= 15 is 0 Å². The van der Waals surface area contributed by atoms with E-state index in [1.807, 2.05) is 30.3 Å². The molecule has 0 aromatic heterocycles. The fourth-order valence-electron chi connectivity index (χ4n) is 3.34. The Morgan fingerprint density at radius 2 is 1.73 bits per heavy atom. The maximum absolute atomic E-state index is 14.0. The Labute approximate surface area is 174 Å². The number of amides is 3. The van der Waals surface area contributed by atoms with Crippen LogP contribution in [0.15, 0.2) is 54.6 Å². The highest BCUT2D eigenvalue weighted by molar-refractivity contribution is 5.95. The van der Waals surface area contributed by atoms with Crippen molar-refractivity contribution in [3.8, 4) is 0 Å². The van der Waals surface area contributed by atoms with Crippen molar-refractivity contribution in [2.24, 2.45) is 5.92 Å². The topological polar surface area (TPSA) is 78.5 Å². The fourth-order valence-corrected chi connectivity index (χ4v) is 3.34. The third kappa shape index (κ3) is 5.76. The number of rotatable bonds is 5. The van der Waals surface area contributed by atoms with Gasteiger partial charge in [-0.25, -0.2) is 4.39 Å². The maximum atomic E-state index is 14.0. The predicted molar refractivity (Wildman–Crippen MR) is 114 cm³/mol. The number of benzene rings is 2. The van der Waals surface area contributed by atoms with Crippen molar-refractivity contribution in [2.45, 2.75) is 19.8 Å². The predicted octanol–water partition coefficient (Wildman–Crippen LogP) is 3.67. The molecule has 1 saturated heterocycles. The molecule has 2 aromatic rings. The Kier molecular flexibility index (Phi) is 6.95. The third-order valence-corrected chi connectivity index (χ3v) is 4.94. The van der Waals surface area contributed by atoms with Crippen LogP contribution < -0.4 is 10.6 Å². The van der Waals surface area contributed by atoms with Crippen LogP contribution in [0, 0.1) is 11.7 Å². The van der Waals surface area contributed by atoms with Gasteiger partial charge < -0.3 is 15.5 Å². The Morgan fingerprint density at radius 1 is 1.03 bits per heavy atom. The number of likely N-dealkylation sites (tertiary alicyclic amines) is 1. The lowest BCUT2D eigenvalue weighted by Crippen LogP contribution is -2.40. The van der Waals surface area contributed by atoms with Gasteiger partial charge in [0.1, 0.15) is 5.82 Å². The molecule has 1 aliphatic heterocycles. The Hall–Kier alpha value is -3.48. The SMILES string of the molecule is CC(=O)Nc1ccc(F)c(NC(=O)C2CCN(C(=O)C=Cc3ccccc3)CC2)c1. The molecular weight excluding hydrogens is 385 g/mol. The van der Waals surface area contributed by atoms with Gasteiger partial charge >= 0.3 is 0 Å². The van der Waals surface area contributed by atoms with E-state index in [9.17, 15) is 18.8 Å². The van der Waals surface area contributed by atoms with Crippen molar-refractivity contribution in [1.82, 2.24) is 4.90 Å². The van der Waals surface area contributed by atoms with Crippen molar-refractivity contribution in [1.29, 1.82) is 0 Å². The van der Waals surface area contributed by atoms with E-state index in [1.54, 1.807) is 17.1 Å². The number of nitrogens with one attached hydrogen (secondary N) is 2. The second-order valence-electron chi connectivity index (χ2n) is 7.21. The molecule has 156 valence electrons. The van der Waals surface area contributed by atoms with Crippen molar-refractivity contribution in [3.63, 3.8) is 0 Å². The Bertz CT molecular complexity index is 951. The molecule has 0 radical (unpaired) electrons. The summed E-state index contributed by atoms with van der Waals surface area (Å²) in [6, 6.07) is 13.6. The van der Waals surface area contributed by atoms with Gasteiger partial charge in [-0.15, -0.1) is 0 Å². The van der Waals surface area contributed by atoms with Gasteiger partial charge in [-0.3, -0.25) is 14.4 Å². The highest BCUT2D eigenvalue weighted by atomic mass is 19.1. The van der Waals surface area contributed by atoms with Gasteiger partial charge in [-0.05, 0) is 42.7 Å². The van der Waals surface area contributed by atoms with E-state index in [0.717, 1.165) is 5.56 Å². The molecular formula is C23H24FN3O3. The maximum Gasteiger partial charge on any atom is 0.246 e. The summed E-state index contributed by atoms with van der Waals surface area (Å²) >= 11 is 0. The lowest BCUT2D eigenvalue weighted by atomic mass is 9.95. The summed E-state index contributed by atoms with van der Waals surface area (Å²) in [7, 11) is 0. The summed E-state index contributed by atoms with van der Waals surface area (Å²) in [5, 5.41) is 5.16. The van der Waals surface area contributed by atoms with E-state index in [1.165, 1.54) is 25.1 Å². The zero-order valence-corrected chi connectivity index (χ0v) is 16.7. The fraction of sp³-hybridized carbons (Fsp3) is 0.261. The number of hydrogen-bond acceptors (Lipinski definition) is 3. The molecule has 6 nitrogen and oxygen atoms in total. The molecule has 1 heterocycles. The minimum absolute atomic E-state index is 0.0237. The number of anilines is 2. The van der Waals surface area contributed by atoms with E-state index < -0.39 is 5.82 Å². The molecule has 30 heavy (non-hydrogen) atoms. The van der Waals surface area contributed by atoms with Crippen LogP contribution in [0.4, 0.5) is 15.8 Å². The molecule has 2 aromatic carbocycles. The summed E-state index contributed by atoms with van der Waals surface area (Å²) in [5.74, 6) is -1.54. The quantitative estimate of drug-likeness (QED) is 0.740. The minimum atomic E-state index is -0.573. The molecule has 7 heteroatoms. The van der Waals surface area contributed by atoms with E-state index in [2.05, 4.69) is 10.6 Å². The summed E-state index contributed by atoms with van der Waals surface area (Å²) in [4.78, 5) is 37.8. The van der Waals surface area contributed by atoms with Crippen LogP contribution in [0.3, 0.4) is 0 Å². The highest BCUT2D eigenvalue weighted by Gasteiger charge is 2.27. The highest BCUT2D eigenvalue weighted by Crippen LogP contribution is 2.23. The molecule has 0 unspecified atom stereocenters. The molecule has 0 saturated carbocycles. The number of nitrogens with zero attached hydrogens (tertiary/aromatic N) is 1. The van der Waals surface area contributed by atoms with Crippen molar-refractivity contribution < 1.29 is 18.8 Å². The van der Waals surface area contributed by atoms with Gasteiger partial charge in [0, 0.05) is 37.7 Å². The first-order valence-corrected chi connectivity index (χ1v) is 9.82. The molecule has 1 aliphatic rings. The standard InChI is InChI=1S/C23H24FN3O3/c1-16(28)25-19-8-9-20(24)21(15-19)26-23(30)18-11-13-27(14-12-18)22(29)10-7-17-5-3-2-4-6-17/h2-10,15,18H,11-14H2,1H3,(H,25,28)(H,26,30). The second-order valence-corrected chi connectivity index (χ2v) is 7.21. The summed E-state index contributed by atoms with van der Waals surface area (Å²) < 4.78 is 14.0. The summed E-state index contributed by atoms with van der Waals surface area (Å²) in [6.07, 6.45) is 4.32. The Balaban J connectivity index is 1.53. The van der Waals surface area contributed by atoms with Crippen LogP contribution in [0.2, 0.25) is 0 Å². The molecule has 3 amide bonds. The van der Waals surface area contributed by atoms with Crippen LogP contribution in [-0.4, -0.2) is 35.7 Å². The number of piperidine rings is 1. The molecule has 1 fully saturated rings. The molecule has 0 bridgehead atoms. The van der Waals surface area contributed by atoms with Gasteiger partial charge in [0.15, 0.2) is 0 Å². The first-order valence-electron chi connectivity index (χ1n) is 9.82. The third-order valence-electron chi connectivity index (χ3n) is 4.94. The smallest absolute Gasteiger partial charge is 0.246 e. The van der Waals surface area contributed by atoms with Crippen molar-refractivity contribution >= 4 is 35.2 Å². The molecule has 0 aliphatic carbocycles. The molecule has 3 rings (SSSR count). The van der Waals surface area contributed by atoms with Crippen LogP contribution in [0.25, 0.3) is 6.08 Å². The summed E-state index contributed by atoms with van der Waals surface area (Å²) in [6.45, 7) is 2.28. The van der Waals surface area contributed by atoms with Gasteiger partial charge in [-0.1, -0.05) is 30.3 Å². The number of carbonyl (C=O) groups is 3. The van der Waals surface area contributed by atoms with Gasteiger partial charge in [0.25, 0.3) is 0 Å². The number of halogens is 1. The first kappa shape index (κ1) is 21.2. The lowest BCUT2D eigenvalue weighted by molar-refractivity contribution is -0.130. The first-order chi connectivity index (χ1) is 14.4. The second kappa shape index (κ2) is 9.82. The van der Waals surface area contributed by atoms with Crippen LogP contribution in [0.5, 0.6) is 0 Å². The normalized spacial score (nSPS) is 14.5. The summed E-state index contributed by atoms with van der Waals surface area (Å²) in [5.41, 5.74) is 1.38. The van der Waals surface area contributed by atoms with E-state index in [-0.39, 0.29) is 29.3 Å². The average molecular weight is 409 g/mol. The largest absolute Gasteiger partial charge is 0.339 e. The monoisotopic (exact) mass is 409 g/mol. The van der Waals surface area contributed by atoms with Gasteiger partial charge in [-0.2, -0.15) is 0 Å². The minimum Gasteiger partial charge on any atom is -0.339 e. The van der Waals surface area contributed by atoms with Crippen LogP contribution in [0.1, 0.15) is 25.3 Å².